The van der Waals surface area contributed by atoms with Crippen LogP contribution in [-0.4, -0.2) is 50.3 Å². The van der Waals surface area contributed by atoms with Crippen LogP contribution in [0.4, 0.5) is 5.69 Å². The van der Waals surface area contributed by atoms with E-state index in [-0.39, 0.29) is 10.6 Å². The van der Waals surface area contributed by atoms with Crippen LogP contribution < -0.4 is 5.32 Å². The molecule has 2 heterocycles. The maximum atomic E-state index is 12.9. The summed E-state index contributed by atoms with van der Waals surface area (Å²) in [4.78, 5) is 30.9. The smallest absolute Gasteiger partial charge is 0.339 e. The van der Waals surface area contributed by atoms with Crippen molar-refractivity contribution in [1.82, 2.24) is 9.29 Å². The zero-order chi connectivity index (χ0) is 24.3. The molecule has 0 aliphatic carbocycles. The van der Waals surface area contributed by atoms with Gasteiger partial charge in [-0.1, -0.05) is 30.3 Å². The van der Waals surface area contributed by atoms with E-state index in [2.05, 4.69) is 10.3 Å². The third-order valence-electron chi connectivity index (χ3n) is 4.94. The van der Waals surface area contributed by atoms with E-state index in [1.165, 1.54) is 43.6 Å². The Bertz CT molecular complexity index is 1470. The van der Waals surface area contributed by atoms with Gasteiger partial charge in [-0.25, -0.2) is 22.5 Å². The molecule has 174 valence electrons. The number of amides is 1. The predicted octanol–water partition coefficient (Wildman–Crippen LogP) is 4.01. The average molecular weight is 496 g/mol. The molecule has 0 aliphatic heterocycles. The summed E-state index contributed by atoms with van der Waals surface area (Å²) < 4.78 is 31.0. The lowest BCUT2D eigenvalue weighted by atomic mass is 10.1. The highest BCUT2D eigenvalue weighted by molar-refractivity contribution is 7.89. The number of anilines is 1. The van der Waals surface area contributed by atoms with Gasteiger partial charge in [-0.2, -0.15) is 0 Å². The van der Waals surface area contributed by atoms with Gasteiger partial charge in [-0.15, -0.1) is 11.3 Å². The third-order valence-corrected chi connectivity index (χ3v) is 7.64. The van der Waals surface area contributed by atoms with Gasteiger partial charge in [0.2, 0.25) is 10.0 Å². The average Bonchev–Trinajstić information content (AvgIpc) is 3.37. The summed E-state index contributed by atoms with van der Waals surface area (Å²) in [5, 5.41) is 5.11. The number of hydrogen-bond donors (Lipinski definition) is 1. The number of pyridine rings is 1. The van der Waals surface area contributed by atoms with Gasteiger partial charge in [0, 0.05) is 25.2 Å². The summed E-state index contributed by atoms with van der Waals surface area (Å²) in [7, 11) is -0.802. The number of aromatic nitrogens is 1. The van der Waals surface area contributed by atoms with Gasteiger partial charge in [-0.05, 0) is 41.8 Å². The number of carbonyl (C=O) groups excluding carboxylic acids is 2. The maximum Gasteiger partial charge on any atom is 0.339 e. The molecule has 1 N–H and O–H groups in total. The number of rotatable bonds is 7. The lowest BCUT2D eigenvalue weighted by Crippen LogP contribution is -2.23. The summed E-state index contributed by atoms with van der Waals surface area (Å²) in [6, 6.07) is 18.5. The molecule has 2 aromatic heterocycles. The Morgan fingerprint density at radius 1 is 1.03 bits per heavy atom. The highest BCUT2D eigenvalue weighted by Crippen LogP contribution is 2.28. The first-order chi connectivity index (χ1) is 16.3. The quantitative estimate of drug-likeness (QED) is 0.389. The highest BCUT2D eigenvalue weighted by atomic mass is 32.2. The highest BCUT2D eigenvalue weighted by Gasteiger charge is 2.19. The number of benzene rings is 2. The first-order valence-electron chi connectivity index (χ1n) is 10.2. The number of nitrogens with zero attached hydrogens (tertiary/aromatic N) is 2. The zero-order valence-corrected chi connectivity index (χ0v) is 20.0. The van der Waals surface area contributed by atoms with E-state index in [0.29, 0.717) is 22.2 Å². The van der Waals surface area contributed by atoms with Crippen LogP contribution in [0, 0.1) is 0 Å². The van der Waals surface area contributed by atoms with Crippen LogP contribution in [0.2, 0.25) is 0 Å². The molecule has 0 bridgehead atoms. The van der Waals surface area contributed by atoms with Gasteiger partial charge in [0.1, 0.15) is 0 Å². The fourth-order valence-electron chi connectivity index (χ4n) is 3.25. The number of nitrogens with one attached hydrogen (secondary N) is 1. The van der Waals surface area contributed by atoms with E-state index in [4.69, 9.17) is 4.74 Å². The van der Waals surface area contributed by atoms with Crippen molar-refractivity contribution in [2.24, 2.45) is 0 Å². The summed E-state index contributed by atoms with van der Waals surface area (Å²) in [5.74, 6) is -1.25. The Morgan fingerprint density at radius 2 is 1.82 bits per heavy atom. The molecule has 0 atom stereocenters. The summed E-state index contributed by atoms with van der Waals surface area (Å²) in [6.45, 7) is -0.533. The van der Waals surface area contributed by atoms with E-state index in [0.717, 1.165) is 9.18 Å². The molecule has 4 aromatic rings. The van der Waals surface area contributed by atoms with Gasteiger partial charge in [0.05, 0.1) is 26.5 Å². The number of esters is 1. The van der Waals surface area contributed by atoms with Crippen molar-refractivity contribution in [2.75, 3.05) is 26.0 Å². The maximum absolute atomic E-state index is 12.9. The number of para-hydroxylation sites is 1. The Kier molecular flexibility index (Phi) is 6.73. The fourth-order valence-corrected chi connectivity index (χ4v) is 4.88. The number of carbonyl (C=O) groups is 2. The van der Waals surface area contributed by atoms with Crippen molar-refractivity contribution in [3.63, 3.8) is 0 Å². The number of thiophene rings is 1. The number of fused-ring (bicyclic) bond motifs is 1. The largest absolute Gasteiger partial charge is 0.452 e. The second kappa shape index (κ2) is 9.72. The van der Waals surface area contributed by atoms with E-state index in [1.54, 1.807) is 24.3 Å². The molecule has 0 unspecified atom stereocenters. The Hall–Kier alpha value is -3.60. The van der Waals surface area contributed by atoms with Crippen LogP contribution in [0.15, 0.2) is 77.0 Å². The van der Waals surface area contributed by atoms with E-state index >= 15 is 0 Å². The van der Waals surface area contributed by atoms with Gasteiger partial charge in [0.25, 0.3) is 5.91 Å². The molecule has 4 rings (SSSR count). The molecule has 0 radical (unpaired) electrons. The minimum atomic E-state index is -3.65. The van der Waals surface area contributed by atoms with Gasteiger partial charge in [-0.3, -0.25) is 4.79 Å². The molecule has 0 spiro atoms. The first kappa shape index (κ1) is 23.6. The molecule has 34 heavy (non-hydrogen) atoms. The van der Waals surface area contributed by atoms with Gasteiger partial charge >= 0.3 is 5.97 Å². The Morgan fingerprint density at radius 3 is 2.56 bits per heavy atom. The molecular formula is C24H21N3O5S2. The second-order valence-corrected chi connectivity index (χ2v) is 10.6. The molecule has 10 heteroatoms. The number of hydrogen-bond acceptors (Lipinski definition) is 7. The van der Waals surface area contributed by atoms with Crippen molar-refractivity contribution in [3.05, 3.63) is 77.7 Å². The van der Waals surface area contributed by atoms with Crippen molar-refractivity contribution in [2.45, 2.75) is 4.90 Å². The lowest BCUT2D eigenvalue weighted by Gasteiger charge is -2.13. The predicted molar refractivity (Wildman–Crippen MR) is 131 cm³/mol. The van der Waals surface area contributed by atoms with Gasteiger partial charge < -0.3 is 10.1 Å². The minimum absolute atomic E-state index is 0.0386. The van der Waals surface area contributed by atoms with E-state index in [1.807, 2.05) is 29.6 Å². The SMILES string of the molecule is CN(C)S(=O)(=O)c1cccc(NC(=O)COC(=O)c2cc(-c3cccs3)nc3ccccc23)c1. The van der Waals surface area contributed by atoms with E-state index < -0.39 is 28.5 Å². The Balaban J connectivity index is 1.50. The second-order valence-electron chi connectivity index (χ2n) is 7.49. The van der Waals surface area contributed by atoms with Crippen LogP contribution in [0.5, 0.6) is 0 Å². The standard InChI is InChI=1S/C24H21N3O5S2/c1-27(2)34(30,31)17-8-5-7-16(13-17)25-23(28)15-32-24(29)19-14-21(22-11-6-12-33-22)26-20-10-4-3-9-18(19)20/h3-14H,15H2,1-2H3,(H,25,28). The molecule has 1 amide bonds. The molecule has 2 aromatic carbocycles. The van der Waals surface area contributed by atoms with Crippen LogP contribution >= 0.6 is 11.3 Å². The van der Waals surface area contributed by atoms with Crippen molar-refractivity contribution in [1.29, 1.82) is 0 Å². The third kappa shape index (κ3) is 4.98. The van der Waals surface area contributed by atoms with Crippen LogP contribution in [0.3, 0.4) is 0 Å². The van der Waals surface area contributed by atoms with Crippen molar-refractivity contribution < 1.29 is 22.7 Å². The lowest BCUT2D eigenvalue weighted by molar-refractivity contribution is -0.119. The molecule has 0 saturated heterocycles. The van der Waals surface area contributed by atoms with Crippen molar-refractivity contribution in [3.8, 4) is 10.6 Å². The molecule has 0 saturated carbocycles. The van der Waals surface area contributed by atoms with Crippen LogP contribution in [0.1, 0.15) is 10.4 Å². The minimum Gasteiger partial charge on any atom is -0.452 e. The molecule has 0 fully saturated rings. The summed E-state index contributed by atoms with van der Waals surface area (Å²) >= 11 is 1.50. The summed E-state index contributed by atoms with van der Waals surface area (Å²) in [6.07, 6.45) is 0. The number of ether oxygens (including phenoxy) is 1. The monoisotopic (exact) mass is 495 g/mol. The Labute approximate surface area is 200 Å². The van der Waals surface area contributed by atoms with Crippen LogP contribution in [0.25, 0.3) is 21.5 Å². The molecule has 0 aliphatic rings. The number of sulfonamides is 1. The molecular weight excluding hydrogens is 474 g/mol. The topological polar surface area (TPSA) is 106 Å². The summed E-state index contributed by atoms with van der Waals surface area (Å²) in [5.41, 5.74) is 1.87. The normalized spacial score (nSPS) is 11.5. The zero-order valence-electron chi connectivity index (χ0n) is 18.4. The van der Waals surface area contributed by atoms with Crippen molar-refractivity contribution >= 4 is 49.8 Å². The van der Waals surface area contributed by atoms with Gasteiger partial charge in [0.15, 0.2) is 6.61 Å². The fraction of sp³-hybridized carbons (Fsp3) is 0.125. The van der Waals surface area contributed by atoms with E-state index in [9.17, 15) is 18.0 Å². The van der Waals surface area contributed by atoms with Crippen LogP contribution in [-0.2, 0) is 19.6 Å². The molecule has 8 nitrogen and oxygen atoms in total. The first-order valence-corrected chi connectivity index (χ1v) is 12.5.